The van der Waals surface area contributed by atoms with Crippen LogP contribution in [0.1, 0.15) is 68.9 Å². The van der Waals surface area contributed by atoms with Gasteiger partial charge >= 0.3 is 0 Å². The quantitative estimate of drug-likeness (QED) is 0.892. The minimum atomic E-state index is 0.452. The molecule has 1 aromatic rings. The summed E-state index contributed by atoms with van der Waals surface area (Å²) in [6.45, 7) is 0.939. The van der Waals surface area contributed by atoms with Crippen LogP contribution >= 0.6 is 0 Å². The Morgan fingerprint density at radius 1 is 1.11 bits per heavy atom. The van der Waals surface area contributed by atoms with Gasteiger partial charge in [0.1, 0.15) is 5.82 Å². The standard InChI is InChI=1S/C14H23N3O/c1-2-5-11(6-3-1)14-15-13(16-17-14)9-8-12-7-4-10-18-12/h11-12H,1-10H2,(H,15,16,17). The Hall–Kier alpha value is -0.900. The Morgan fingerprint density at radius 2 is 2.00 bits per heavy atom. The van der Waals surface area contributed by atoms with E-state index >= 15 is 0 Å². The number of rotatable bonds is 4. The lowest BCUT2D eigenvalue weighted by molar-refractivity contribution is 0.104. The third kappa shape index (κ3) is 2.91. The lowest BCUT2D eigenvalue weighted by Gasteiger charge is -2.18. The first-order valence-electron chi connectivity index (χ1n) is 7.44. The number of aromatic nitrogens is 3. The average Bonchev–Trinajstić information content (AvgIpc) is 3.09. The van der Waals surface area contributed by atoms with Crippen LogP contribution in [0.15, 0.2) is 0 Å². The van der Waals surface area contributed by atoms with Crippen LogP contribution in [0, 0.1) is 0 Å². The van der Waals surface area contributed by atoms with Gasteiger partial charge in [-0.25, -0.2) is 4.98 Å². The van der Waals surface area contributed by atoms with Crippen LogP contribution in [-0.2, 0) is 11.2 Å². The SMILES string of the molecule is C1CCC(c2n[nH]c(CCC3CCCO3)n2)CC1. The summed E-state index contributed by atoms with van der Waals surface area (Å²) in [6, 6.07) is 0. The van der Waals surface area contributed by atoms with Gasteiger partial charge in [-0.3, -0.25) is 5.10 Å². The fourth-order valence-corrected chi connectivity index (χ4v) is 3.13. The van der Waals surface area contributed by atoms with E-state index in [0.29, 0.717) is 12.0 Å². The number of nitrogens with one attached hydrogen (secondary N) is 1. The second-order valence-corrected chi connectivity index (χ2v) is 5.65. The van der Waals surface area contributed by atoms with E-state index in [1.807, 2.05) is 0 Å². The number of aryl methyl sites for hydroxylation is 1. The van der Waals surface area contributed by atoms with E-state index in [1.54, 1.807) is 0 Å². The molecule has 3 rings (SSSR count). The van der Waals surface area contributed by atoms with Crippen molar-refractivity contribution < 1.29 is 4.74 Å². The number of H-pyrrole nitrogens is 1. The maximum Gasteiger partial charge on any atom is 0.153 e. The molecule has 4 heteroatoms. The predicted octanol–water partition coefficient (Wildman–Crippen LogP) is 2.96. The summed E-state index contributed by atoms with van der Waals surface area (Å²) in [6.07, 6.45) is 11.5. The molecule has 1 aliphatic carbocycles. The molecule has 1 saturated carbocycles. The Labute approximate surface area is 109 Å². The Kier molecular flexibility index (Phi) is 3.93. The summed E-state index contributed by atoms with van der Waals surface area (Å²) < 4.78 is 5.64. The van der Waals surface area contributed by atoms with Crippen LogP contribution in [0.2, 0.25) is 0 Å². The van der Waals surface area contributed by atoms with Gasteiger partial charge < -0.3 is 4.74 Å². The third-order valence-corrected chi connectivity index (χ3v) is 4.25. The summed E-state index contributed by atoms with van der Waals surface area (Å²) in [5.41, 5.74) is 0. The predicted molar refractivity (Wildman–Crippen MR) is 69.5 cm³/mol. The number of hydrogen-bond donors (Lipinski definition) is 1. The highest BCUT2D eigenvalue weighted by Crippen LogP contribution is 2.30. The normalized spacial score (nSPS) is 25.7. The van der Waals surface area contributed by atoms with Gasteiger partial charge in [-0.15, -0.1) is 0 Å². The van der Waals surface area contributed by atoms with Gasteiger partial charge in [0.15, 0.2) is 5.82 Å². The molecule has 4 nitrogen and oxygen atoms in total. The molecule has 2 fully saturated rings. The fraction of sp³-hybridized carbons (Fsp3) is 0.857. The first-order chi connectivity index (χ1) is 8.92. The molecular formula is C14H23N3O. The molecule has 100 valence electrons. The first-order valence-corrected chi connectivity index (χ1v) is 7.44. The monoisotopic (exact) mass is 249 g/mol. The van der Waals surface area contributed by atoms with Gasteiger partial charge in [0.25, 0.3) is 0 Å². The van der Waals surface area contributed by atoms with E-state index in [4.69, 9.17) is 4.74 Å². The Morgan fingerprint density at radius 3 is 2.78 bits per heavy atom. The molecule has 1 atom stereocenters. The van der Waals surface area contributed by atoms with Crippen molar-refractivity contribution >= 4 is 0 Å². The van der Waals surface area contributed by atoms with Crippen molar-refractivity contribution in [3.05, 3.63) is 11.6 Å². The molecule has 1 aliphatic heterocycles. The smallest absolute Gasteiger partial charge is 0.153 e. The number of nitrogens with zero attached hydrogens (tertiary/aromatic N) is 2. The molecule has 0 bridgehead atoms. The summed E-state index contributed by atoms with van der Waals surface area (Å²) in [7, 11) is 0. The van der Waals surface area contributed by atoms with Crippen LogP contribution in [0.5, 0.6) is 0 Å². The molecule has 1 N–H and O–H groups in total. The van der Waals surface area contributed by atoms with Crippen LogP contribution in [0.4, 0.5) is 0 Å². The van der Waals surface area contributed by atoms with E-state index in [9.17, 15) is 0 Å². The molecule has 2 heterocycles. The lowest BCUT2D eigenvalue weighted by Crippen LogP contribution is -2.07. The molecule has 1 saturated heterocycles. The van der Waals surface area contributed by atoms with Crippen molar-refractivity contribution in [1.29, 1.82) is 0 Å². The van der Waals surface area contributed by atoms with Gasteiger partial charge in [0.05, 0.1) is 6.10 Å². The van der Waals surface area contributed by atoms with Gasteiger partial charge in [0, 0.05) is 18.9 Å². The highest BCUT2D eigenvalue weighted by Gasteiger charge is 2.20. The summed E-state index contributed by atoms with van der Waals surface area (Å²) >= 11 is 0. The molecule has 1 aromatic heterocycles. The molecule has 0 amide bonds. The molecule has 0 radical (unpaired) electrons. The molecule has 2 aliphatic rings. The van der Waals surface area contributed by atoms with Gasteiger partial charge in [-0.05, 0) is 32.1 Å². The number of aromatic amines is 1. The Bertz CT molecular complexity index is 365. The van der Waals surface area contributed by atoms with Crippen molar-refractivity contribution in [2.24, 2.45) is 0 Å². The van der Waals surface area contributed by atoms with E-state index in [1.165, 1.54) is 44.9 Å². The van der Waals surface area contributed by atoms with E-state index in [-0.39, 0.29) is 0 Å². The van der Waals surface area contributed by atoms with Crippen molar-refractivity contribution in [3.8, 4) is 0 Å². The topological polar surface area (TPSA) is 50.8 Å². The van der Waals surface area contributed by atoms with Gasteiger partial charge in [0.2, 0.25) is 0 Å². The van der Waals surface area contributed by atoms with E-state index in [2.05, 4.69) is 15.2 Å². The van der Waals surface area contributed by atoms with Crippen molar-refractivity contribution in [1.82, 2.24) is 15.2 Å². The van der Waals surface area contributed by atoms with Gasteiger partial charge in [-0.2, -0.15) is 5.10 Å². The zero-order valence-corrected chi connectivity index (χ0v) is 11.0. The minimum Gasteiger partial charge on any atom is -0.378 e. The van der Waals surface area contributed by atoms with E-state index < -0.39 is 0 Å². The zero-order chi connectivity index (χ0) is 12.2. The minimum absolute atomic E-state index is 0.452. The largest absolute Gasteiger partial charge is 0.378 e. The molecular weight excluding hydrogens is 226 g/mol. The Balaban J connectivity index is 1.52. The van der Waals surface area contributed by atoms with Crippen LogP contribution < -0.4 is 0 Å². The van der Waals surface area contributed by atoms with Gasteiger partial charge in [-0.1, -0.05) is 19.3 Å². The first kappa shape index (κ1) is 12.2. The van der Waals surface area contributed by atoms with Crippen molar-refractivity contribution in [2.45, 2.75) is 69.8 Å². The van der Waals surface area contributed by atoms with Crippen molar-refractivity contribution in [2.75, 3.05) is 6.61 Å². The highest BCUT2D eigenvalue weighted by molar-refractivity contribution is 4.99. The molecule has 0 spiro atoms. The molecule has 0 aromatic carbocycles. The fourth-order valence-electron chi connectivity index (χ4n) is 3.13. The zero-order valence-electron chi connectivity index (χ0n) is 11.0. The summed E-state index contributed by atoms with van der Waals surface area (Å²) in [4.78, 5) is 4.67. The number of ether oxygens (including phenoxy) is 1. The molecule has 1 unspecified atom stereocenters. The second kappa shape index (κ2) is 5.83. The molecule has 18 heavy (non-hydrogen) atoms. The number of hydrogen-bond acceptors (Lipinski definition) is 3. The average molecular weight is 249 g/mol. The highest BCUT2D eigenvalue weighted by atomic mass is 16.5. The van der Waals surface area contributed by atoms with Crippen LogP contribution in [0.25, 0.3) is 0 Å². The summed E-state index contributed by atoms with van der Waals surface area (Å²) in [5.74, 6) is 2.70. The maximum absolute atomic E-state index is 5.64. The van der Waals surface area contributed by atoms with Crippen molar-refractivity contribution in [3.63, 3.8) is 0 Å². The second-order valence-electron chi connectivity index (χ2n) is 5.65. The maximum atomic E-state index is 5.64. The lowest BCUT2D eigenvalue weighted by atomic mass is 9.89. The van der Waals surface area contributed by atoms with Crippen LogP contribution in [-0.4, -0.2) is 27.9 Å². The third-order valence-electron chi connectivity index (χ3n) is 4.25. The van der Waals surface area contributed by atoms with Crippen LogP contribution in [0.3, 0.4) is 0 Å². The summed E-state index contributed by atoms with van der Waals surface area (Å²) in [5, 5.41) is 7.52. The van der Waals surface area contributed by atoms with E-state index in [0.717, 1.165) is 31.1 Å².